The van der Waals surface area contributed by atoms with E-state index < -0.39 is 0 Å². The Labute approximate surface area is 165 Å². The van der Waals surface area contributed by atoms with Crippen molar-refractivity contribution in [2.24, 2.45) is 11.7 Å². The predicted octanol–water partition coefficient (Wildman–Crippen LogP) is 3.78. The number of ether oxygens (including phenoxy) is 1. The average Bonchev–Trinajstić information content (AvgIpc) is 3.09. The smallest absolute Gasteiger partial charge is 0.223 e. The van der Waals surface area contributed by atoms with Crippen LogP contribution in [-0.2, 0) is 11.2 Å². The summed E-state index contributed by atoms with van der Waals surface area (Å²) in [5, 5.41) is 3.17. The van der Waals surface area contributed by atoms with Gasteiger partial charge < -0.3 is 15.8 Å². The molecule has 27 heavy (non-hydrogen) atoms. The number of methoxy groups -OCH3 is 1. The van der Waals surface area contributed by atoms with Crippen LogP contribution in [0, 0.1) is 11.7 Å². The lowest BCUT2D eigenvalue weighted by atomic mass is 9.97. The van der Waals surface area contributed by atoms with Crippen molar-refractivity contribution >= 4 is 18.3 Å². The van der Waals surface area contributed by atoms with Gasteiger partial charge in [0.1, 0.15) is 11.6 Å². The zero-order valence-electron chi connectivity index (χ0n) is 15.4. The largest absolute Gasteiger partial charge is 0.497 e. The van der Waals surface area contributed by atoms with Crippen LogP contribution in [0.1, 0.15) is 36.4 Å². The first-order valence-corrected chi connectivity index (χ1v) is 8.99. The number of nitrogens with two attached hydrogens (primary N) is 1. The van der Waals surface area contributed by atoms with Crippen molar-refractivity contribution in [3.63, 3.8) is 0 Å². The Hall–Kier alpha value is -2.11. The summed E-state index contributed by atoms with van der Waals surface area (Å²) in [5.74, 6) is 0.515. The third-order valence-electron chi connectivity index (χ3n) is 5.03. The lowest BCUT2D eigenvalue weighted by Gasteiger charge is -2.22. The first kappa shape index (κ1) is 21.2. The number of carbonyl (C=O) groups is 1. The second-order valence-corrected chi connectivity index (χ2v) is 6.93. The zero-order chi connectivity index (χ0) is 18.5. The molecule has 2 aromatic rings. The Bertz CT molecular complexity index is 737. The van der Waals surface area contributed by atoms with Crippen LogP contribution in [0.2, 0.25) is 0 Å². The van der Waals surface area contributed by atoms with Crippen molar-refractivity contribution in [3.8, 4) is 5.75 Å². The van der Waals surface area contributed by atoms with E-state index >= 15 is 0 Å². The first-order valence-electron chi connectivity index (χ1n) is 8.99. The number of benzene rings is 2. The number of hydrogen-bond acceptors (Lipinski definition) is 3. The maximum absolute atomic E-state index is 13.2. The molecule has 3 rings (SSSR count). The lowest BCUT2D eigenvalue weighted by molar-refractivity contribution is -0.125. The Balaban J connectivity index is 0.00000261. The first-order chi connectivity index (χ1) is 12.5. The van der Waals surface area contributed by atoms with Crippen molar-refractivity contribution in [3.05, 3.63) is 65.5 Å². The topological polar surface area (TPSA) is 64.3 Å². The van der Waals surface area contributed by atoms with Crippen LogP contribution >= 0.6 is 12.4 Å². The second-order valence-electron chi connectivity index (χ2n) is 6.93. The molecule has 0 radical (unpaired) electrons. The number of amides is 1. The van der Waals surface area contributed by atoms with E-state index in [1.807, 2.05) is 24.3 Å². The predicted molar refractivity (Wildman–Crippen MR) is 107 cm³/mol. The highest BCUT2D eigenvalue weighted by Crippen LogP contribution is 2.27. The van der Waals surface area contributed by atoms with Gasteiger partial charge >= 0.3 is 0 Å². The van der Waals surface area contributed by atoms with Crippen molar-refractivity contribution in [1.29, 1.82) is 0 Å². The van der Waals surface area contributed by atoms with Gasteiger partial charge in [-0.2, -0.15) is 0 Å². The molecule has 146 valence electrons. The van der Waals surface area contributed by atoms with E-state index in [0.717, 1.165) is 36.1 Å². The van der Waals surface area contributed by atoms with Crippen LogP contribution in [0.15, 0.2) is 48.5 Å². The molecule has 3 atom stereocenters. The Kier molecular flexibility index (Phi) is 7.63. The van der Waals surface area contributed by atoms with Crippen LogP contribution in [0.4, 0.5) is 4.39 Å². The van der Waals surface area contributed by atoms with E-state index in [9.17, 15) is 9.18 Å². The van der Waals surface area contributed by atoms with Gasteiger partial charge in [0.2, 0.25) is 5.91 Å². The minimum absolute atomic E-state index is 0. The number of hydrogen-bond donors (Lipinski definition) is 2. The molecule has 1 saturated carbocycles. The minimum Gasteiger partial charge on any atom is -0.497 e. The Morgan fingerprint density at radius 3 is 2.41 bits per heavy atom. The molecule has 0 spiro atoms. The molecule has 6 heteroatoms. The molecule has 0 aliphatic heterocycles. The van der Waals surface area contributed by atoms with E-state index in [1.54, 1.807) is 19.2 Å². The molecular weight excluding hydrogens is 367 g/mol. The second kappa shape index (κ2) is 9.72. The molecule has 1 amide bonds. The van der Waals surface area contributed by atoms with Gasteiger partial charge in [-0.15, -0.1) is 12.4 Å². The number of rotatable bonds is 6. The van der Waals surface area contributed by atoms with Crippen LogP contribution < -0.4 is 15.8 Å². The SMILES string of the molecule is COc1ccc(C(Cc2ccc(F)cc2)NC(=O)C2CCC(N)C2)cc1.Cl. The van der Waals surface area contributed by atoms with Crippen molar-refractivity contribution < 1.29 is 13.9 Å². The van der Waals surface area contributed by atoms with Crippen LogP contribution in [-0.4, -0.2) is 19.1 Å². The van der Waals surface area contributed by atoms with Crippen molar-refractivity contribution in [1.82, 2.24) is 5.32 Å². The maximum Gasteiger partial charge on any atom is 0.223 e. The van der Waals surface area contributed by atoms with Gasteiger partial charge in [-0.1, -0.05) is 24.3 Å². The maximum atomic E-state index is 13.2. The summed E-state index contributed by atoms with van der Waals surface area (Å²) in [7, 11) is 1.62. The summed E-state index contributed by atoms with van der Waals surface area (Å²) < 4.78 is 18.4. The summed E-state index contributed by atoms with van der Waals surface area (Å²) in [6.45, 7) is 0. The van der Waals surface area contributed by atoms with E-state index in [-0.39, 0.29) is 42.1 Å². The van der Waals surface area contributed by atoms with Gasteiger partial charge in [-0.25, -0.2) is 4.39 Å². The van der Waals surface area contributed by atoms with Crippen molar-refractivity contribution in [2.75, 3.05) is 7.11 Å². The summed E-state index contributed by atoms with van der Waals surface area (Å²) in [4.78, 5) is 12.7. The Morgan fingerprint density at radius 2 is 1.85 bits per heavy atom. The highest BCUT2D eigenvalue weighted by Gasteiger charge is 2.29. The quantitative estimate of drug-likeness (QED) is 0.786. The molecule has 0 saturated heterocycles. The summed E-state index contributed by atoms with van der Waals surface area (Å²) in [6, 6.07) is 14.0. The summed E-state index contributed by atoms with van der Waals surface area (Å²) in [6.07, 6.45) is 3.05. The van der Waals surface area contributed by atoms with Gasteiger partial charge in [0, 0.05) is 12.0 Å². The summed E-state index contributed by atoms with van der Waals surface area (Å²) in [5.41, 5.74) is 7.90. The molecule has 3 N–H and O–H groups in total. The van der Waals surface area contributed by atoms with Gasteiger partial charge in [0.15, 0.2) is 0 Å². The molecule has 2 aromatic carbocycles. The molecule has 0 heterocycles. The number of nitrogens with one attached hydrogen (secondary N) is 1. The molecule has 4 nitrogen and oxygen atoms in total. The third kappa shape index (κ3) is 5.68. The number of carbonyl (C=O) groups excluding carboxylic acids is 1. The third-order valence-corrected chi connectivity index (χ3v) is 5.03. The Morgan fingerprint density at radius 1 is 1.19 bits per heavy atom. The summed E-state index contributed by atoms with van der Waals surface area (Å²) >= 11 is 0. The normalized spacial score (nSPS) is 19.8. The molecule has 1 fully saturated rings. The number of halogens is 2. The average molecular weight is 393 g/mol. The van der Waals surface area contributed by atoms with Gasteiger partial charge in [-0.05, 0) is 61.1 Å². The highest BCUT2D eigenvalue weighted by atomic mass is 35.5. The van der Waals surface area contributed by atoms with Crippen molar-refractivity contribution in [2.45, 2.75) is 37.8 Å². The van der Waals surface area contributed by atoms with E-state index in [2.05, 4.69) is 5.32 Å². The van der Waals surface area contributed by atoms with Gasteiger partial charge in [0.05, 0.1) is 13.2 Å². The fourth-order valence-electron chi connectivity index (χ4n) is 3.49. The van der Waals surface area contributed by atoms with E-state index in [1.165, 1.54) is 12.1 Å². The van der Waals surface area contributed by atoms with Gasteiger partial charge in [0.25, 0.3) is 0 Å². The minimum atomic E-state index is -0.265. The molecule has 1 aliphatic rings. The monoisotopic (exact) mass is 392 g/mol. The van der Waals surface area contributed by atoms with Crippen LogP contribution in [0.5, 0.6) is 5.75 Å². The standard InChI is InChI=1S/C21H25FN2O2.ClH/c1-26-19-10-5-15(6-11-19)20(12-14-2-7-17(22)8-3-14)24-21(25)16-4-9-18(23)13-16;/h2-3,5-8,10-11,16,18,20H,4,9,12-13,23H2,1H3,(H,24,25);1H. The molecule has 0 aromatic heterocycles. The fourth-order valence-corrected chi connectivity index (χ4v) is 3.49. The van der Waals surface area contributed by atoms with E-state index in [0.29, 0.717) is 6.42 Å². The zero-order valence-corrected chi connectivity index (χ0v) is 16.2. The molecule has 0 bridgehead atoms. The highest BCUT2D eigenvalue weighted by molar-refractivity contribution is 5.85. The van der Waals surface area contributed by atoms with Crippen LogP contribution in [0.3, 0.4) is 0 Å². The lowest BCUT2D eigenvalue weighted by Crippen LogP contribution is -2.34. The fraction of sp³-hybridized carbons (Fsp3) is 0.381. The van der Waals surface area contributed by atoms with E-state index in [4.69, 9.17) is 10.5 Å². The van der Waals surface area contributed by atoms with Gasteiger partial charge in [-0.3, -0.25) is 4.79 Å². The van der Waals surface area contributed by atoms with Crippen LogP contribution in [0.25, 0.3) is 0 Å². The molecule has 1 aliphatic carbocycles. The molecular formula is C21H26ClFN2O2. The molecule has 3 unspecified atom stereocenters.